The van der Waals surface area contributed by atoms with Crippen LogP contribution in [0.25, 0.3) is 0 Å². The zero-order valence-corrected chi connectivity index (χ0v) is 9.32. The maximum Gasteiger partial charge on any atom is 0.158 e. The first-order valence-electron chi connectivity index (χ1n) is 5.82. The molecule has 0 bridgehead atoms. The molecule has 1 saturated carbocycles. The van der Waals surface area contributed by atoms with E-state index >= 15 is 0 Å². The summed E-state index contributed by atoms with van der Waals surface area (Å²) in [4.78, 5) is 0. The summed E-state index contributed by atoms with van der Waals surface area (Å²) in [5.74, 6) is 2.28. The molecule has 0 unspecified atom stereocenters. The molecule has 1 heterocycles. The van der Waals surface area contributed by atoms with Gasteiger partial charge in [0.2, 0.25) is 0 Å². The molecule has 0 atom stereocenters. The number of nitrogens with zero attached hydrogens (tertiary/aromatic N) is 3. The zero-order chi connectivity index (χ0) is 10.7. The van der Waals surface area contributed by atoms with E-state index in [9.17, 15) is 0 Å². The first-order chi connectivity index (χ1) is 7.33. The highest BCUT2D eigenvalue weighted by Gasteiger charge is 2.20. The fraction of sp³-hybridized carbons (Fsp3) is 0.818. The van der Waals surface area contributed by atoms with Gasteiger partial charge in [-0.15, -0.1) is 10.2 Å². The lowest BCUT2D eigenvalue weighted by Crippen LogP contribution is -2.07. The van der Waals surface area contributed by atoms with Crippen LogP contribution in [0.5, 0.6) is 0 Å². The van der Waals surface area contributed by atoms with E-state index in [4.69, 9.17) is 5.11 Å². The molecule has 1 N–H and O–H groups in total. The van der Waals surface area contributed by atoms with Crippen LogP contribution in [-0.2, 0) is 13.7 Å². The van der Waals surface area contributed by atoms with Gasteiger partial charge in [0.05, 0.1) is 0 Å². The van der Waals surface area contributed by atoms with Crippen LogP contribution in [0, 0.1) is 0 Å². The van der Waals surface area contributed by atoms with Gasteiger partial charge in [-0.3, -0.25) is 0 Å². The fourth-order valence-electron chi connectivity index (χ4n) is 2.41. The Morgan fingerprint density at radius 2 is 1.87 bits per heavy atom. The van der Waals surface area contributed by atoms with Gasteiger partial charge in [0.25, 0.3) is 0 Å². The van der Waals surface area contributed by atoms with Gasteiger partial charge < -0.3 is 9.67 Å². The van der Waals surface area contributed by atoms with Crippen LogP contribution >= 0.6 is 0 Å². The molecule has 4 nitrogen and oxygen atoms in total. The molecule has 0 amide bonds. The van der Waals surface area contributed by atoms with Crippen molar-refractivity contribution in [1.82, 2.24) is 14.8 Å². The lowest BCUT2D eigenvalue weighted by atomic mass is 10.00. The summed E-state index contributed by atoms with van der Waals surface area (Å²) < 4.78 is 1.95. The second kappa shape index (κ2) is 4.75. The lowest BCUT2D eigenvalue weighted by molar-refractivity contribution is 0.266. The van der Waals surface area contributed by atoms with Gasteiger partial charge in [0.15, 0.2) is 5.82 Å². The SMILES string of the molecule is Cn1c(CO)nnc1C1CCCCCC1. The van der Waals surface area contributed by atoms with Gasteiger partial charge in [-0.05, 0) is 12.8 Å². The second-order valence-electron chi connectivity index (χ2n) is 4.38. The van der Waals surface area contributed by atoms with Gasteiger partial charge in [0, 0.05) is 13.0 Å². The van der Waals surface area contributed by atoms with E-state index in [0.29, 0.717) is 11.7 Å². The molecule has 15 heavy (non-hydrogen) atoms. The number of aliphatic hydroxyl groups excluding tert-OH is 1. The Balaban J connectivity index is 2.16. The van der Waals surface area contributed by atoms with E-state index in [0.717, 1.165) is 5.82 Å². The van der Waals surface area contributed by atoms with E-state index < -0.39 is 0 Å². The van der Waals surface area contributed by atoms with Crippen LogP contribution in [0.15, 0.2) is 0 Å². The molecular weight excluding hydrogens is 190 g/mol. The predicted molar refractivity (Wildman–Crippen MR) is 57.4 cm³/mol. The topological polar surface area (TPSA) is 50.9 Å². The first-order valence-corrected chi connectivity index (χ1v) is 5.82. The van der Waals surface area contributed by atoms with E-state index in [1.165, 1.54) is 38.5 Å². The molecule has 2 rings (SSSR count). The van der Waals surface area contributed by atoms with Crippen LogP contribution in [-0.4, -0.2) is 19.9 Å². The summed E-state index contributed by atoms with van der Waals surface area (Å²) in [5, 5.41) is 17.3. The average molecular weight is 209 g/mol. The van der Waals surface area contributed by atoms with Crippen molar-refractivity contribution in [2.45, 2.75) is 51.0 Å². The summed E-state index contributed by atoms with van der Waals surface area (Å²) in [6, 6.07) is 0. The fourth-order valence-corrected chi connectivity index (χ4v) is 2.41. The Bertz CT molecular complexity index is 314. The second-order valence-corrected chi connectivity index (χ2v) is 4.38. The van der Waals surface area contributed by atoms with Gasteiger partial charge in [-0.1, -0.05) is 25.7 Å². The van der Waals surface area contributed by atoms with Crippen LogP contribution in [0.3, 0.4) is 0 Å². The maximum atomic E-state index is 9.06. The summed E-state index contributed by atoms with van der Waals surface area (Å²) in [5.41, 5.74) is 0. The number of hydrogen-bond acceptors (Lipinski definition) is 3. The summed E-state index contributed by atoms with van der Waals surface area (Å²) in [6.07, 6.45) is 7.73. The van der Waals surface area contributed by atoms with Crippen molar-refractivity contribution in [3.05, 3.63) is 11.6 Å². The molecule has 0 aliphatic heterocycles. The quantitative estimate of drug-likeness (QED) is 0.755. The molecule has 1 aliphatic rings. The molecule has 1 aromatic rings. The predicted octanol–water partition coefficient (Wildman–Crippen LogP) is 1.75. The smallest absolute Gasteiger partial charge is 0.158 e. The zero-order valence-electron chi connectivity index (χ0n) is 9.32. The highest BCUT2D eigenvalue weighted by molar-refractivity contribution is 5.01. The Morgan fingerprint density at radius 1 is 1.20 bits per heavy atom. The Hall–Kier alpha value is -0.900. The van der Waals surface area contributed by atoms with Crippen LogP contribution in [0.2, 0.25) is 0 Å². The third-order valence-corrected chi connectivity index (χ3v) is 3.36. The van der Waals surface area contributed by atoms with E-state index in [-0.39, 0.29) is 6.61 Å². The summed E-state index contributed by atoms with van der Waals surface area (Å²) in [6.45, 7) is -0.0176. The van der Waals surface area contributed by atoms with Crippen molar-refractivity contribution in [2.75, 3.05) is 0 Å². The van der Waals surface area contributed by atoms with E-state index in [1.54, 1.807) is 0 Å². The van der Waals surface area contributed by atoms with E-state index in [2.05, 4.69) is 10.2 Å². The minimum absolute atomic E-state index is 0.0176. The van der Waals surface area contributed by atoms with Crippen molar-refractivity contribution >= 4 is 0 Å². The Labute approximate surface area is 90.3 Å². The monoisotopic (exact) mass is 209 g/mol. The minimum Gasteiger partial charge on any atom is -0.388 e. The minimum atomic E-state index is -0.0176. The molecule has 1 fully saturated rings. The highest BCUT2D eigenvalue weighted by Crippen LogP contribution is 2.30. The number of hydrogen-bond donors (Lipinski definition) is 1. The van der Waals surface area contributed by atoms with Crippen molar-refractivity contribution in [3.63, 3.8) is 0 Å². The number of aliphatic hydroxyl groups is 1. The van der Waals surface area contributed by atoms with E-state index in [1.807, 2.05) is 11.6 Å². The molecular formula is C11H19N3O. The first kappa shape index (κ1) is 10.6. The largest absolute Gasteiger partial charge is 0.388 e. The molecule has 0 spiro atoms. The van der Waals surface area contributed by atoms with Crippen molar-refractivity contribution in [1.29, 1.82) is 0 Å². The van der Waals surface area contributed by atoms with Gasteiger partial charge in [-0.25, -0.2) is 0 Å². The molecule has 0 radical (unpaired) electrons. The molecule has 4 heteroatoms. The van der Waals surface area contributed by atoms with Crippen molar-refractivity contribution in [3.8, 4) is 0 Å². The van der Waals surface area contributed by atoms with Crippen LogP contribution < -0.4 is 0 Å². The number of rotatable bonds is 2. The maximum absolute atomic E-state index is 9.06. The molecule has 84 valence electrons. The third-order valence-electron chi connectivity index (χ3n) is 3.36. The van der Waals surface area contributed by atoms with Gasteiger partial charge in [0.1, 0.15) is 12.4 Å². The van der Waals surface area contributed by atoms with Crippen molar-refractivity contribution < 1.29 is 5.11 Å². The summed E-state index contributed by atoms with van der Waals surface area (Å²) in [7, 11) is 1.95. The third kappa shape index (κ3) is 2.20. The summed E-state index contributed by atoms with van der Waals surface area (Å²) >= 11 is 0. The van der Waals surface area contributed by atoms with Crippen LogP contribution in [0.4, 0.5) is 0 Å². The van der Waals surface area contributed by atoms with Crippen LogP contribution in [0.1, 0.15) is 56.1 Å². The standard InChI is InChI=1S/C11H19N3O/c1-14-10(8-15)12-13-11(14)9-6-4-2-3-5-7-9/h9,15H,2-8H2,1H3. The molecule has 0 aromatic carbocycles. The highest BCUT2D eigenvalue weighted by atomic mass is 16.3. The van der Waals surface area contributed by atoms with Gasteiger partial charge in [-0.2, -0.15) is 0 Å². The normalized spacial score (nSPS) is 19.1. The lowest BCUT2D eigenvalue weighted by Gasteiger charge is -2.12. The molecule has 1 aromatic heterocycles. The molecule has 0 saturated heterocycles. The Morgan fingerprint density at radius 3 is 2.40 bits per heavy atom. The number of aromatic nitrogens is 3. The van der Waals surface area contributed by atoms with Gasteiger partial charge >= 0.3 is 0 Å². The Kier molecular flexibility index (Phi) is 3.36. The average Bonchev–Trinajstić information content (AvgIpc) is 2.49. The van der Waals surface area contributed by atoms with Crippen molar-refractivity contribution in [2.24, 2.45) is 7.05 Å². The molecule has 1 aliphatic carbocycles.